The third kappa shape index (κ3) is 3.61. The van der Waals surface area contributed by atoms with Crippen molar-refractivity contribution in [1.29, 1.82) is 0 Å². The van der Waals surface area contributed by atoms with Gasteiger partial charge in [-0.05, 0) is 31.4 Å². The van der Waals surface area contributed by atoms with Crippen LogP contribution in [0.3, 0.4) is 0 Å². The zero-order valence-electron chi connectivity index (χ0n) is 16.7. The van der Waals surface area contributed by atoms with E-state index in [9.17, 15) is 13.2 Å². The number of para-hydroxylation sites is 2. The van der Waals surface area contributed by atoms with E-state index in [0.717, 1.165) is 24.0 Å². The van der Waals surface area contributed by atoms with Crippen molar-refractivity contribution in [2.45, 2.75) is 37.3 Å². The minimum Gasteiger partial charge on any atom is -0.457 e. The Balaban J connectivity index is 1.54. The van der Waals surface area contributed by atoms with Crippen LogP contribution >= 0.6 is 0 Å². The van der Waals surface area contributed by atoms with E-state index in [1.54, 1.807) is 4.90 Å². The highest BCUT2D eigenvalue weighted by Crippen LogP contribution is 2.45. The Labute approximate surface area is 176 Å². The fourth-order valence-electron chi connectivity index (χ4n) is 4.79. The Morgan fingerprint density at radius 2 is 1.67 bits per heavy atom. The van der Waals surface area contributed by atoms with Crippen LogP contribution < -0.4 is 4.74 Å². The average Bonchev–Trinajstić information content (AvgIpc) is 3.38. The van der Waals surface area contributed by atoms with E-state index in [1.165, 1.54) is 0 Å². The number of carbonyl (C=O) groups is 1. The molecule has 0 spiro atoms. The minimum absolute atomic E-state index is 0.0258. The molecule has 3 heterocycles. The summed E-state index contributed by atoms with van der Waals surface area (Å²) in [6.45, 7) is 1.12. The van der Waals surface area contributed by atoms with Crippen molar-refractivity contribution >= 4 is 15.7 Å². The Morgan fingerprint density at radius 3 is 2.23 bits per heavy atom. The van der Waals surface area contributed by atoms with Gasteiger partial charge in [-0.15, -0.1) is 0 Å². The summed E-state index contributed by atoms with van der Waals surface area (Å²) in [5, 5.41) is 0. The Morgan fingerprint density at radius 1 is 1.00 bits per heavy atom. The van der Waals surface area contributed by atoms with Crippen LogP contribution in [-0.4, -0.2) is 56.0 Å². The molecule has 2 saturated heterocycles. The van der Waals surface area contributed by atoms with Gasteiger partial charge in [0, 0.05) is 30.3 Å². The summed E-state index contributed by atoms with van der Waals surface area (Å²) in [7, 11) is -3.12. The van der Waals surface area contributed by atoms with E-state index in [1.807, 2.05) is 48.5 Å². The quantitative estimate of drug-likeness (QED) is 0.750. The molecule has 5 rings (SSSR count). The molecule has 2 fully saturated rings. The van der Waals surface area contributed by atoms with Crippen LogP contribution in [0.1, 0.15) is 36.3 Å². The molecule has 2 aromatic carbocycles. The number of hydrogen-bond acceptors (Lipinski definition) is 5. The average molecular weight is 428 g/mol. The third-order valence-corrected chi connectivity index (χ3v) is 8.03. The van der Waals surface area contributed by atoms with Gasteiger partial charge in [0.2, 0.25) is 5.91 Å². The number of nitrogens with zero attached hydrogens (tertiary/aromatic N) is 1. The molecule has 0 aromatic heterocycles. The van der Waals surface area contributed by atoms with Gasteiger partial charge in [0.1, 0.15) is 11.5 Å². The monoisotopic (exact) mass is 427 g/mol. The van der Waals surface area contributed by atoms with Crippen molar-refractivity contribution in [3.8, 4) is 11.5 Å². The van der Waals surface area contributed by atoms with E-state index in [2.05, 4.69) is 0 Å². The van der Waals surface area contributed by atoms with Crippen LogP contribution in [0.25, 0.3) is 0 Å². The number of amides is 1. The molecule has 0 unspecified atom stereocenters. The molecule has 1 amide bonds. The Bertz CT molecular complexity index is 1020. The maximum absolute atomic E-state index is 14.0. The highest BCUT2D eigenvalue weighted by atomic mass is 32.2. The predicted molar refractivity (Wildman–Crippen MR) is 113 cm³/mol. The van der Waals surface area contributed by atoms with Gasteiger partial charge in [0.05, 0.1) is 23.5 Å². The zero-order valence-corrected chi connectivity index (χ0v) is 17.5. The van der Waals surface area contributed by atoms with Crippen molar-refractivity contribution in [2.24, 2.45) is 0 Å². The molecule has 0 saturated carbocycles. The molecule has 0 radical (unpaired) electrons. The van der Waals surface area contributed by atoms with E-state index >= 15 is 0 Å². The number of fused-ring (bicyclic) bond motifs is 2. The first kappa shape index (κ1) is 19.6. The third-order valence-electron chi connectivity index (χ3n) is 6.28. The predicted octanol–water partition coefficient (Wildman–Crippen LogP) is 3.12. The number of sulfone groups is 1. The molecule has 30 heavy (non-hydrogen) atoms. The Kier molecular flexibility index (Phi) is 5.03. The summed E-state index contributed by atoms with van der Waals surface area (Å²) in [4.78, 5) is 15.8. The molecule has 2 aromatic rings. The second-order valence-corrected chi connectivity index (χ2v) is 10.5. The van der Waals surface area contributed by atoms with E-state index in [0.29, 0.717) is 31.1 Å². The van der Waals surface area contributed by atoms with Gasteiger partial charge >= 0.3 is 0 Å². The summed E-state index contributed by atoms with van der Waals surface area (Å²) in [6.07, 6.45) is 2.30. The van der Waals surface area contributed by atoms with Crippen LogP contribution in [0, 0.1) is 0 Å². The Hall–Kier alpha value is -2.38. The van der Waals surface area contributed by atoms with Gasteiger partial charge in [-0.3, -0.25) is 4.79 Å². The minimum atomic E-state index is -3.12. The first-order chi connectivity index (χ1) is 14.5. The first-order valence-corrected chi connectivity index (χ1v) is 12.3. The summed E-state index contributed by atoms with van der Waals surface area (Å²) in [5.74, 6) is 0.911. The maximum Gasteiger partial charge on any atom is 0.235 e. The summed E-state index contributed by atoms with van der Waals surface area (Å²) >= 11 is 0. The molecule has 158 valence electrons. The summed E-state index contributed by atoms with van der Waals surface area (Å²) < 4.78 is 36.2. The lowest BCUT2D eigenvalue weighted by atomic mass is 9.86. The van der Waals surface area contributed by atoms with Crippen molar-refractivity contribution in [2.75, 3.05) is 24.7 Å². The van der Waals surface area contributed by atoms with E-state index < -0.39 is 15.8 Å². The van der Waals surface area contributed by atoms with Crippen LogP contribution in [0.5, 0.6) is 11.5 Å². The number of rotatable bonds is 4. The lowest BCUT2D eigenvalue weighted by Crippen LogP contribution is -2.47. The van der Waals surface area contributed by atoms with Crippen molar-refractivity contribution < 1.29 is 22.7 Å². The molecule has 0 N–H and O–H groups in total. The number of ether oxygens (including phenoxy) is 2. The van der Waals surface area contributed by atoms with Crippen molar-refractivity contribution in [3.63, 3.8) is 0 Å². The molecule has 7 heteroatoms. The normalized spacial score (nSPS) is 24.7. The smallest absolute Gasteiger partial charge is 0.235 e. The molecule has 2 atom stereocenters. The highest BCUT2D eigenvalue weighted by molar-refractivity contribution is 7.91. The molecular weight excluding hydrogens is 402 g/mol. The lowest BCUT2D eigenvalue weighted by molar-refractivity contribution is -0.135. The van der Waals surface area contributed by atoms with Crippen LogP contribution in [0.2, 0.25) is 0 Å². The topological polar surface area (TPSA) is 72.9 Å². The van der Waals surface area contributed by atoms with Gasteiger partial charge in [0.25, 0.3) is 0 Å². The second-order valence-electron chi connectivity index (χ2n) is 8.29. The highest BCUT2D eigenvalue weighted by Gasteiger charge is 2.41. The maximum atomic E-state index is 14.0. The fourth-order valence-corrected chi connectivity index (χ4v) is 6.52. The largest absolute Gasteiger partial charge is 0.457 e. The van der Waals surface area contributed by atoms with Crippen LogP contribution in [0.4, 0.5) is 0 Å². The fraction of sp³-hybridized carbons (Fsp3) is 0.435. The molecule has 6 nitrogen and oxygen atoms in total. The summed E-state index contributed by atoms with van der Waals surface area (Å²) in [6, 6.07) is 14.9. The zero-order chi connectivity index (χ0) is 20.7. The number of carbonyl (C=O) groups excluding carboxylic acids is 1. The molecular formula is C23H25NO5S. The SMILES string of the molecule is O=C(C1c2ccccc2Oc2ccccc21)N(C[C@H]1CCCO1)[C@@H]1CCS(=O)(=O)C1. The van der Waals surface area contributed by atoms with Crippen molar-refractivity contribution in [1.82, 2.24) is 4.90 Å². The van der Waals surface area contributed by atoms with Crippen LogP contribution in [0.15, 0.2) is 48.5 Å². The summed E-state index contributed by atoms with van der Waals surface area (Å²) in [5.41, 5.74) is 1.64. The van der Waals surface area contributed by atoms with Gasteiger partial charge in [-0.25, -0.2) is 8.42 Å². The van der Waals surface area contributed by atoms with E-state index in [4.69, 9.17) is 9.47 Å². The lowest BCUT2D eigenvalue weighted by Gasteiger charge is -2.36. The van der Waals surface area contributed by atoms with E-state index in [-0.39, 0.29) is 29.6 Å². The second kappa shape index (κ2) is 7.71. The number of hydrogen-bond donors (Lipinski definition) is 0. The van der Waals surface area contributed by atoms with Gasteiger partial charge in [0.15, 0.2) is 9.84 Å². The molecule has 0 bridgehead atoms. The molecule has 0 aliphatic carbocycles. The van der Waals surface area contributed by atoms with Gasteiger partial charge < -0.3 is 14.4 Å². The first-order valence-electron chi connectivity index (χ1n) is 10.5. The van der Waals surface area contributed by atoms with Gasteiger partial charge in [-0.1, -0.05) is 36.4 Å². The van der Waals surface area contributed by atoms with Crippen molar-refractivity contribution in [3.05, 3.63) is 59.7 Å². The number of benzene rings is 2. The van der Waals surface area contributed by atoms with Crippen LogP contribution in [-0.2, 0) is 19.4 Å². The van der Waals surface area contributed by atoms with Gasteiger partial charge in [-0.2, -0.15) is 0 Å². The standard InChI is InChI=1S/C23H25NO5S/c25-23(24(14-17-6-5-12-28-17)16-11-13-30(26,27)15-16)22-18-7-1-3-9-20(18)29-21-10-4-2-8-19(21)22/h1-4,7-10,16-17,22H,5-6,11-15H2/t16-,17-/m1/s1. The molecule has 3 aliphatic rings. The molecule has 3 aliphatic heterocycles.